The quantitative estimate of drug-likeness (QED) is 0.142. The van der Waals surface area contributed by atoms with Crippen LogP contribution in [0.3, 0.4) is 0 Å². The largest absolute Gasteiger partial charge is 0.334 e. The molecule has 1 heterocycles. The molecule has 8 rings (SSSR count). The average Bonchev–Trinajstić information content (AvgIpc) is 3.50. The highest BCUT2D eigenvalue weighted by Crippen LogP contribution is 2.45. The number of hydrogen-bond acceptors (Lipinski definition) is 2. The van der Waals surface area contributed by atoms with Crippen molar-refractivity contribution in [3.05, 3.63) is 175 Å². The summed E-state index contributed by atoms with van der Waals surface area (Å²) in [7, 11) is 0. The highest BCUT2D eigenvalue weighted by molar-refractivity contribution is 6.21. The SMILES string of the molecule is C=C[C@H](C)c1ccc(-c2c3ccccc3c(-c3ccc(N4C5C=CC=CC5=NC4c4ccccc4)cc3)c3ccccc23)cc1. The second kappa shape index (κ2) is 11.2. The minimum atomic E-state index is -0.0637. The maximum absolute atomic E-state index is 5.16. The van der Waals surface area contributed by atoms with Crippen LogP contribution in [-0.4, -0.2) is 11.8 Å². The molecule has 0 aromatic heterocycles. The standard InChI is InChI=1S/C43H34N2/c1-3-29(2)30-21-23-31(24-22-30)41-35-15-7-9-17-37(35)42(38-18-10-8-16-36(38)41)32-25-27-34(28-26-32)45-40-20-12-11-19-39(40)44-43(45)33-13-5-4-6-14-33/h3-29,40,43H,1H2,2H3/t29-,40?,43?/m0/s1. The van der Waals surface area contributed by atoms with E-state index >= 15 is 0 Å². The van der Waals surface area contributed by atoms with Gasteiger partial charge in [0.1, 0.15) is 6.17 Å². The van der Waals surface area contributed by atoms with Gasteiger partial charge in [0, 0.05) is 5.69 Å². The summed E-state index contributed by atoms with van der Waals surface area (Å²) in [5, 5.41) is 5.05. The summed E-state index contributed by atoms with van der Waals surface area (Å²) in [6, 6.07) is 46.6. The molecule has 216 valence electrons. The number of aliphatic imine (C=N–C) groups is 1. The number of hydrogen-bond donors (Lipinski definition) is 0. The lowest BCUT2D eigenvalue weighted by Crippen LogP contribution is -2.35. The first-order valence-electron chi connectivity index (χ1n) is 15.7. The molecule has 1 aliphatic heterocycles. The van der Waals surface area contributed by atoms with Gasteiger partial charge in [0.2, 0.25) is 0 Å². The third-order valence-corrected chi connectivity index (χ3v) is 9.37. The lowest BCUT2D eigenvalue weighted by atomic mass is 9.85. The zero-order chi connectivity index (χ0) is 30.3. The molecule has 0 radical (unpaired) electrons. The number of rotatable bonds is 6. The van der Waals surface area contributed by atoms with Crippen molar-refractivity contribution in [1.29, 1.82) is 0 Å². The molecule has 0 bridgehead atoms. The summed E-state index contributed by atoms with van der Waals surface area (Å²) in [5.74, 6) is 0.324. The first-order valence-corrected chi connectivity index (χ1v) is 15.7. The predicted molar refractivity (Wildman–Crippen MR) is 192 cm³/mol. The van der Waals surface area contributed by atoms with Crippen LogP contribution in [-0.2, 0) is 0 Å². The fourth-order valence-corrected chi connectivity index (χ4v) is 7.03. The van der Waals surface area contributed by atoms with E-state index in [1.807, 2.05) is 6.08 Å². The molecule has 6 aromatic carbocycles. The summed E-state index contributed by atoms with van der Waals surface area (Å²) < 4.78 is 0. The number of fused-ring (bicyclic) bond motifs is 3. The van der Waals surface area contributed by atoms with Crippen molar-refractivity contribution >= 4 is 32.9 Å². The van der Waals surface area contributed by atoms with Gasteiger partial charge in [0.25, 0.3) is 0 Å². The minimum Gasteiger partial charge on any atom is -0.334 e. The van der Waals surface area contributed by atoms with Gasteiger partial charge in [0.05, 0.1) is 11.8 Å². The van der Waals surface area contributed by atoms with E-state index < -0.39 is 0 Å². The van der Waals surface area contributed by atoms with E-state index in [1.165, 1.54) is 54.9 Å². The number of nitrogens with zero attached hydrogens (tertiary/aromatic N) is 2. The molecule has 0 N–H and O–H groups in total. The van der Waals surface area contributed by atoms with E-state index in [0.717, 1.165) is 11.4 Å². The van der Waals surface area contributed by atoms with Gasteiger partial charge in [-0.05, 0) is 79.1 Å². The molecule has 0 fully saturated rings. The molecule has 0 saturated heterocycles. The monoisotopic (exact) mass is 578 g/mol. The van der Waals surface area contributed by atoms with Crippen molar-refractivity contribution < 1.29 is 0 Å². The Morgan fingerprint density at radius 2 is 1.18 bits per heavy atom. The van der Waals surface area contributed by atoms with E-state index in [9.17, 15) is 0 Å². The fourth-order valence-electron chi connectivity index (χ4n) is 7.03. The first-order chi connectivity index (χ1) is 22.2. The maximum atomic E-state index is 5.16. The van der Waals surface area contributed by atoms with E-state index in [0.29, 0.717) is 5.92 Å². The van der Waals surface area contributed by atoms with Crippen LogP contribution in [0.4, 0.5) is 5.69 Å². The van der Waals surface area contributed by atoms with Crippen molar-refractivity contribution in [3.8, 4) is 22.3 Å². The van der Waals surface area contributed by atoms with Gasteiger partial charge in [-0.15, -0.1) is 6.58 Å². The Hall–Kier alpha value is -5.47. The maximum Gasteiger partial charge on any atom is 0.148 e. The summed E-state index contributed by atoms with van der Waals surface area (Å²) in [6.07, 6.45) is 10.5. The molecule has 2 heteroatoms. The lowest BCUT2D eigenvalue weighted by Gasteiger charge is -2.31. The van der Waals surface area contributed by atoms with Gasteiger partial charge in [-0.3, -0.25) is 4.99 Å². The van der Waals surface area contributed by atoms with Gasteiger partial charge in [-0.1, -0.05) is 146 Å². The van der Waals surface area contributed by atoms with E-state index in [-0.39, 0.29) is 12.2 Å². The van der Waals surface area contributed by atoms with Crippen LogP contribution >= 0.6 is 0 Å². The summed E-state index contributed by atoms with van der Waals surface area (Å²) in [6.45, 7) is 6.17. The topological polar surface area (TPSA) is 15.6 Å². The first kappa shape index (κ1) is 27.1. The normalized spacial score (nSPS) is 17.8. The smallest absolute Gasteiger partial charge is 0.148 e. The Bertz CT molecular complexity index is 2080. The molecule has 0 saturated carbocycles. The molecule has 0 amide bonds. The van der Waals surface area contributed by atoms with E-state index in [4.69, 9.17) is 4.99 Å². The Labute approximate surface area is 265 Å². The Balaban J connectivity index is 1.26. The Morgan fingerprint density at radius 3 is 1.73 bits per heavy atom. The minimum absolute atomic E-state index is 0.0637. The highest BCUT2D eigenvalue weighted by atomic mass is 15.3. The highest BCUT2D eigenvalue weighted by Gasteiger charge is 2.35. The van der Waals surface area contributed by atoms with Gasteiger partial charge < -0.3 is 4.90 Å². The van der Waals surface area contributed by atoms with Crippen LogP contribution in [0.5, 0.6) is 0 Å². The van der Waals surface area contributed by atoms with Gasteiger partial charge in [-0.2, -0.15) is 0 Å². The molecule has 2 nitrogen and oxygen atoms in total. The predicted octanol–water partition coefficient (Wildman–Crippen LogP) is 11.1. The van der Waals surface area contributed by atoms with Crippen molar-refractivity contribution in [2.45, 2.75) is 25.0 Å². The molecule has 0 spiro atoms. The number of benzene rings is 6. The van der Waals surface area contributed by atoms with Crippen molar-refractivity contribution in [2.75, 3.05) is 4.90 Å². The molecular weight excluding hydrogens is 544 g/mol. The van der Waals surface area contributed by atoms with Gasteiger partial charge in [0.15, 0.2) is 0 Å². The summed E-state index contributed by atoms with van der Waals surface area (Å²) in [5.41, 5.74) is 9.74. The fraction of sp³-hybridized carbons (Fsp3) is 0.0930. The van der Waals surface area contributed by atoms with Crippen LogP contribution in [0, 0.1) is 0 Å². The Kier molecular flexibility index (Phi) is 6.76. The van der Waals surface area contributed by atoms with Crippen LogP contribution in [0.25, 0.3) is 43.8 Å². The second-order valence-corrected chi connectivity index (χ2v) is 12.0. The third kappa shape index (κ3) is 4.62. The third-order valence-electron chi connectivity index (χ3n) is 9.37. The molecular formula is C43H34N2. The number of allylic oxidation sites excluding steroid dienone is 3. The Morgan fingerprint density at radius 1 is 0.644 bits per heavy atom. The molecule has 6 aromatic rings. The number of anilines is 1. The van der Waals surface area contributed by atoms with Crippen LogP contribution in [0.2, 0.25) is 0 Å². The van der Waals surface area contributed by atoms with Gasteiger partial charge >= 0.3 is 0 Å². The van der Waals surface area contributed by atoms with Crippen LogP contribution in [0.15, 0.2) is 169 Å². The zero-order valence-electron chi connectivity index (χ0n) is 25.3. The molecule has 45 heavy (non-hydrogen) atoms. The van der Waals surface area contributed by atoms with Crippen LogP contribution in [0.1, 0.15) is 30.1 Å². The van der Waals surface area contributed by atoms with Crippen molar-refractivity contribution in [3.63, 3.8) is 0 Å². The van der Waals surface area contributed by atoms with Crippen molar-refractivity contribution in [2.24, 2.45) is 4.99 Å². The van der Waals surface area contributed by atoms with Crippen LogP contribution < -0.4 is 4.90 Å². The molecule has 3 atom stereocenters. The van der Waals surface area contributed by atoms with E-state index in [1.54, 1.807) is 0 Å². The molecule has 2 aliphatic rings. The van der Waals surface area contributed by atoms with Crippen molar-refractivity contribution in [1.82, 2.24) is 0 Å². The summed E-state index contributed by atoms with van der Waals surface area (Å²) >= 11 is 0. The zero-order valence-corrected chi connectivity index (χ0v) is 25.3. The lowest BCUT2D eigenvalue weighted by molar-refractivity contribution is 0.696. The molecule has 1 aliphatic carbocycles. The summed E-state index contributed by atoms with van der Waals surface area (Å²) in [4.78, 5) is 7.59. The second-order valence-electron chi connectivity index (χ2n) is 12.0. The average molecular weight is 579 g/mol. The van der Waals surface area contributed by atoms with E-state index in [2.05, 4.69) is 170 Å². The molecule has 2 unspecified atom stereocenters. The van der Waals surface area contributed by atoms with Gasteiger partial charge in [-0.25, -0.2) is 0 Å².